The van der Waals surface area contributed by atoms with E-state index in [1.54, 1.807) is 13.2 Å². The summed E-state index contributed by atoms with van der Waals surface area (Å²) in [5.41, 5.74) is 0.871. The Kier molecular flexibility index (Phi) is 2.27. The van der Waals surface area contributed by atoms with Crippen LogP contribution in [0.2, 0.25) is 0 Å². The van der Waals surface area contributed by atoms with Crippen molar-refractivity contribution >= 4 is 5.91 Å². The lowest BCUT2D eigenvalue weighted by Crippen LogP contribution is -2.28. The lowest BCUT2D eigenvalue weighted by atomic mass is 10.2. The summed E-state index contributed by atoms with van der Waals surface area (Å²) in [7, 11) is 0. The molecule has 14 heavy (non-hydrogen) atoms. The Balaban J connectivity index is 2.21. The third-order valence-electron chi connectivity index (χ3n) is 2.58. The second-order valence-corrected chi connectivity index (χ2v) is 3.70. The summed E-state index contributed by atoms with van der Waals surface area (Å²) in [4.78, 5) is 17.4. The zero-order chi connectivity index (χ0) is 10.1. The minimum atomic E-state index is 0.0567. The summed E-state index contributed by atoms with van der Waals surface area (Å²) in [6.07, 6.45) is 3.62. The van der Waals surface area contributed by atoms with E-state index in [1.165, 1.54) is 0 Å². The molecule has 4 nitrogen and oxygen atoms in total. The van der Waals surface area contributed by atoms with Crippen LogP contribution in [0.3, 0.4) is 0 Å². The number of hydrogen-bond acceptors (Lipinski definition) is 3. The topological polar surface area (TPSA) is 46.3 Å². The quantitative estimate of drug-likeness (QED) is 0.683. The molecule has 1 saturated heterocycles. The number of aryl methyl sites for hydroxylation is 1. The smallest absolute Gasteiger partial charge is 0.220 e. The van der Waals surface area contributed by atoms with E-state index in [9.17, 15) is 4.79 Å². The molecule has 1 fully saturated rings. The summed E-state index contributed by atoms with van der Waals surface area (Å²) in [5, 5.41) is 0. The average Bonchev–Trinajstić information content (AvgIpc) is 2.70. The van der Waals surface area contributed by atoms with Gasteiger partial charge in [0.15, 0.2) is 0 Å². The molecule has 0 N–H and O–H groups in total. The number of hydrogen-bond donors (Lipinski definition) is 0. The highest BCUT2D eigenvalue weighted by molar-refractivity contribution is 5.73. The fourth-order valence-corrected chi connectivity index (χ4v) is 1.93. The molecule has 0 saturated carbocycles. The number of carbonyl (C=O) groups excluding carboxylic acids is 1. The van der Waals surface area contributed by atoms with Crippen molar-refractivity contribution < 1.29 is 9.21 Å². The van der Waals surface area contributed by atoms with E-state index < -0.39 is 0 Å². The Morgan fingerprint density at radius 3 is 3.07 bits per heavy atom. The van der Waals surface area contributed by atoms with Crippen molar-refractivity contribution in [3.63, 3.8) is 0 Å². The fraction of sp³-hybridized carbons (Fsp3) is 0.600. The third kappa shape index (κ3) is 1.52. The van der Waals surface area contributed by atoms with Crippen LogP contribution in [0.4, 0.5) is 0 Å². The van der Waals surface area contributed by atoms with Gasteiger partial charge in [0.25, 0.3) is 0 Å². The molecule has 2 heterocycles. The van der Waals surface area contributed by atoms with Crippen LogP contribution in [0.5, 0.6) is 0 Å². The number of rotatable bonds is 1. The van der Waals surface area contributed by atoms with Gasteiger partial charge in [0.1, 0.15) is 12.3 Å². The summed E-state index contributed by atoms with van der Waals surface area (Å²) >= 11 is 0. The van der Waals surface area contributed by atoms with Gasteiger partial charge in [-0.1, -0.05) is 0 Å². The van der Waals surface area contributed by atoms with Crippen molar-refractivity contribution in [3.05, 3.63) is 17.8 Å². The molecule has 0 radical (unpaired) electrons. The van der Waals surface area contributed by atoms with E-state index in [2.05, 4.69) is 4.98 Å². The first-order chi connectivity index (χ1) is 6.68. The van der Waals surface area contributed by atoms with E-state index in [1.807, 2.05) is 11.8 Å². The second-order valence-electron chi connectivity index (χ2n) is 3.70. The largest absolute Gasteiger partial charge is 0.446 e. The summed E-state index contributed by atoms with van der Waals surface area (Å²) in [6, 6.07) is 0.0567. The van der Waals surface area contributed by atoms with Crippen molar-refractivity contribution in [2.24, 2.45) is 0 Å². The van der Waals surface area contributed by atoms with Crippen LogP contribution in [0.15, 0.2) is 10.7 Å². The molecule has 0 spiro atoms. The van der Waals surface area contributed by atoms with Crippen LogP contribution in [-0.2, 0) is 4.79 Å². The lowest BCUT2D eigenvalue weighted by molar-refractivity contribution is -0.130. The monoisotopic (exact) mass is 194 g/mol. The maximum absolute atomic E-state index is 11.3. The first-order valence-corrected chi connectivity index (χ1v) is 4.87. The van der Waals surface area contributed by atoms with Gasteiger partial charge in [0.2, 0.25) is 11.8 Å². The van der Waals surface area contributed by atoms with Gasteiger partial charge in [-0.05, 0) is 19.8 Å². The molecule has 1 aromatic heterocycles. The lowest BCUT2D eigenvalue weighted by Gasteiger charge is -2.19. The Morgan fingerprint density at radius 1 is 1.71 bits per heavy atom. The van der Waals surface area contributed by atoms with Gasteiger partial charge in [0, 0.05) is 13.5 Å². The SMILES string of the molecule is CC(=O)N1CCC[C@H]1c1nc(C)co1. The van der Waals surface area contributed by atoms with Crippen LogP contribution < -0.4 is 0 Å². The van der Waals surface area contributed by atoms with Gasteiger partial charge in [-0.15, -0.1) is 0 Å². The van der Waals surface area contributed by atoms with Crippen LogP contribution in [0.1, 0.15) is 37.4 Å². The second kappa shape index (κ2) is 3.44. The summed E-state index contributed by atoms with van der Waals surface area (Å²) < 4.78 is 5.32. The summed E-state index contributed by atoms with van der Waals surface area (Å²) in [6.45, 7) is 4.30. The zero-order valence-electron chi connectivity index (χ0n) is 8.49. The van der Waals surface area contributed by atoms with Crippen LogP contribution >= 0.6 is 0 Å². The van der Waals surface area contributed by atoms with Gasteiger partial charge in [-0.25, -0.2) is 4.98 Å². The number of likely N-dealkylation sites (tertiary alicyclic amines) is 1. The maximum Gasteiger partial charge on any atom is 0.220 e. The molecule has 0 unspecified atom stereocenters. The predicted molar refractivity (Wildman–Crippen MR) is 50.6 cm³/mol. The van der Waals surface area contributed by atoms with Crippen molar-refractivity contribution in [2.45, 2.75) is 32.7 Å². The fourth-order valence-electron chi connectivity index (χ4n) is 1.93. The Hall–Kier alpha value is -1.32. The predicted octanol–water partition coefficient (Wildman–Crippen LogP) is 1.67. The standard InChI is InChI=1S/C10H14N2O2/c1-7-6-14-10(11-7)9-4-3-5-12(9)8(2)13/h6,9H,3-5H2,1-2H3/t9-/m0/s1. The maximum atomic E-state index is 11.3. The number of carbonyl (C=O) groups is 1. The number of amides is 1. The highest BCUT2D eigenvalue weighted by Gasteiger charge is 2.31. The molecule has 0 bridgehead atoms. The molecule has 1 aliphatic rings. The molecule has 0 aliphatic carbocycles. The molecule has 1 atom stereocenters. The highest BCUT2D eigenvalue weighted by atomic mass is 16.3. The first-order valence-electron chi connectivity index (χ1n) is 4.87. The number of oxazole rings is 1. The highest BCUT2D eigenvalue weighted by Crippen LogP contribution is 2.31. The Labute approximate surface area is 82.9 Å². The van der Waals surface area contributed by atoms with Crippen molar-refractivity contribution in [1.29, 1.82) is 0 Å². The Morgan fingerprint density at radius 2 is 2.50 bits per heavy atom. The molecular formula is C10H14N2O2. The van der Waals surface area contributed by atoms with Crippen LogP contribution in [0, 0.1) is 6.92 Å². The molecular weight excluding hydrogens is 180 g/mol. The van der Waals surface area contributed by atoms with Gasteiger partial charge in [-0.3, -0.25) is 4.79 Å². The number of aromatic nitrogens is 1. The van der Waals surface area contributed by atoms with Crippen LogP contribution in [-0.4, -0.2) is 22.3 Å². The summed E-state index contributed by atoms with van der Waals surface area (Å²) in [5.74, 6) is 0.776. The molecule has 0 aromatic carbocycles. The average molecular weight is 194 g/mol. The van der Waals surface area contributed by atoms with Gasteiger partial charge >= 0.3 is 0 Å². The molecule has 1 amide bonds. The van der Waals surface area contributed by atoms with Crippen LogP contribution in [0.25, 0.3) is 0 Å². The minimum Gasteiger partial charge on any atom is -0.446 e. The molecule has 2 rings (SSSR count). The minimum absolute atomic E-state index is 0.0567. The van der Waals surface area contributed by atoms with Crippen molar-refractivity contribution in [2.75, 3.05) is 6.54 Å². The molecule has 1 aliphatic heterocycles. The van der Waals surface area contributed by atoms with E-state index in [4.69, 9.17) is 4.42 Å². The van der Waals surface area contributed by atoms with E-state index in [-0.39, 0.29) is 11.9 Å². The molecule has 4 heteroatoms. The first kappa shape index (κ1) is 9.24. The van der Waals surface area contributed by atoms with Gasteiger partial charge < -0.3 is 9.32 Å². The number of nitrogens with zero attached hydrogens (tertiary/aromatic N) is 2. The van der Waals surface area contributed by atoms with E-state index >= 15 is 0 Å². The zero-order valence-corrected chi connectivity index (χ0v) is 8.49. The Bertz CT molecular complexity index is 346. The van der Waals surface area contributed by atoms with Gasteiger partial charge in [0.05, 0.1) is 5.69 Å². The molecule has 1 aromatic rings. The van der Waals surface area contributed by atoms with E-state index in [0.29, 0.717) is 5.89 Å². The van der Waals surface area contributed by atoms with Crippen molar-refractivity contribution in [1.82, 2.24) is 9.88 Å². The normalized spacial score (nSPS) is 21.6. The van der Waals surface area contributed by atoms with E-state index in [0.717, 1.165) is 25.1 Å². The van der Waals surface area contributed by atoms with Crippen molar-refractivity contribution in [3.8, 4) is 0 Å². The molecule has 76 valence electrons. The van der Waals surface area contributed by atoms with Gasteiger partial charge in [-0.2, -0.15) is 0 Å². The third-order valence-corrected chi connectivity index (χ3v) is 2.58.